The summed E-state index contributed by atoms with van der Waals surface area (Å²) in [5, 5.41) is 20.6. The summed E-state index contributed by atoms with van der Waals surface area (Å²) >= 11 is 9.08. The molecule has 40 heavy (non-hydrogen) atoms. The fourth-order valence-electron chi connectivity index (χ4n) is 5.97. The van der Waals surface area contributed by atoms with E-state index in [-0.39, 0.29) is 0 Å². The molecular formula is C32H36ClN5S2. The summed E-state index contributed by atoms with van der Waals surface area (Å²) in [4.78, 5) is 12.5. The van der Waals surface area contributed by atoms with E-state index in [0.29, 0.717) is 43.1 Å². The van der Waals surface area contributed by atoms with Gasteiger partial charge < -0.3 is 5.73 Å². The van der Waals surface area contributed by atoms with Gasteiger partial charge >= 0.3 is 0 Å². The Balaban J connectivity index is 0.000000161. The van der Waals surface area contributed by atoms with Gasteiger partial charge in [0.1, 0.15) is 31.6 Å². The Morgan fingerprint density at radius 2 is 1.25 bits per heavy atom. The molecule has 0 bridgehead atoms. The molecule has 2 N–H and O–H groups in total. The highest BCUT2D eigenvalue weighted by molar-refractivity contribution is 7.20. The topological polar surface area (TPSA) is 99.4 Å². The fraction of sp³-hybridized carbons (Fsp3) is 0.500. The zero-order valence-corrected chi connectivity index (χ0v) is 26.5. The lowest BCUT2D eigenvalue weighted by atomic mass is 9.71. The second-order valence-electron chi connectivity index (χ2n) is 13.3. The first-order valence-electron chi connectivity index (χ1n) is 13.9. The third-order valence-electron chi connectivity index (χ3n) is 8.72. The lowest BCUT2D eigenvalue weighted by Gasteiger charge is -2.34. The second-order valence-corrected chi connectivity index (χ2v) is 15.7. The van der Waals surface area contributed by atoms with Gasteiger partial charge in [0.15, 0.2) is 0 Å². The van der Waals surface area contributed by atoms with Crippen molar-refractivity contribution < 1.29 is 0 Å². The van der Waals surface area contributed by atoms with Gasteiger partial charge in [0, 0.05) is 22.2 Å². The minimum absolute atomic E-state index is 0.322. The van der Waals surface area contributed by atoms with Gasteiger partial charge in [-0.05, 0) is 84.5 Å². The highest BCUT2D eigenvalue weighted by atomic mass is 35.5. The summed E-state index contributed by atoms with van der Waals surface area (Å²) in [7, 11) is 0. The van der Waals surface area contributed by atoms with E-state index in [1.54, 1.807) is 0 Å². The van der Waals surface area contributed by atoms with Crippen molar-refractivity contribution in [1.29, 1.82) is 10.5 Å². The molecule has 4 aromatic heterocycles. The number of aryl methyl sites for hydroxylation is 2. The second kappa shape index (κ2) is 10.6. The van der Waals surface area contributed by atoms with E-state index >= 15 is 0 Å². The third-order valence-corrected chi connectivity index (χ3v) is 11.3. The first-order valence-corrected chi connectivity index (χ1v) is 15.9. The van der Waals surface area contributed by atoms with E-state index in [4.69, 9.17) is 37.8 Å². The standard InChI is InChI=1S/C16H17ClN2S.C16H19N3S/c1-16(2,3)10-4-5-12-9(6-10)7-11-14(17)13(8-18)20-15(11)19-12;1-16(2,3)10-4-5-12-9(6-10)7-11-14(18)13(8-17)20-15(11)19-12/h7,10H,4-6H2,1-3H3;7,10H,4-6,18H2,1-3H3. The number of hydrogen-bond donors (Lipinski definition) is 1. The largest absolute Gasteiger partial charge is 0.396 e. The van der Waals surface area contributed by atoms with Crippen molar-refractivity contribution in [2.45, 2.75) is 80.1 Å². The number of pyridine rings is 2. The maximum absolute atomic E-state index is 9.09. The molecule has 2 aliphatic carbocycles. The molecule has 0 saturated heterocycles. The lowest BCUT2D eigenvalue weighted by Crippen LogP contribution is -2.27. The number of nitrogen functional groups attached to an aromatic ring is 1. The summed E-state index contributed by atoms with van der Waals surface area (Å²) in [5.41, 5.74) is 12.3. The molecule has 0 radical (unpaired) electrons. The fourth-order valence-corrected chi connectivity index (χ4v) is 8.08. The Kier molecular flexibility index (Phi) is 7.64. The summed E-state index contributed by atoms with van der Waals surface area (Å²) in [5.74, 6) is 1.37. The van der Waals surface area contributed by atoms with E-state index in [1.807, 2.05) is 0 Å². The normalized spacial score (nSPS) is 18.8. The van der Waals surface area contributed by atoms with Gasteiger partial charge in [-0.3, -0.25) is 0 Å². The maximum Gasteiger partial charge on any atom is 0.130 e. The Labute approximate surface area is 250 Å². The number of nitriles is 2. The summed E-state index contributed by atoms with van der Waals surface area (Å²) in [6.45, 7) is 13.8. The minimum Gasteiger partial charge on any atom is -0.396 e. The molecule has 4 aromatic rings. The van der Waals surface area contributed by atoms with Crippen LogP contribution in [0.4, 0.5) is 5.69 Å². The SMILES string of the molecule is CC(C)(C)C1CCc2nc3sc(C#N)c(Cl)c3cc2C1.CC(C)(C)C1CCc2nc3sc(C#N)c(N)c3cc2C1. The van der Waals surface area contributed by atoms with Gasteiger partial charge in [-0.1, -0.05) is 53.1 Å². The lowest BCUT2D eigenvalue weighted by molar-refractivity contribution is 0.215. The van der Waals surface area contributed by atoms with E-state index < -0.39 is 0 Å². The van der Waals surface area contributed by atoms with Crippen LogP contribution >= 0.6 is 34.3 Å². The van der Waals surface area contributed by atoms with Gasteiger partial charge in [-0.2, -0.15) is 10.5 Å². The van der Waals surface area contributed by atoms with Crippen LogP contribution in [0.2, 0.25) is 5.02 Å². The van der Waals surface area contributed by atoms with Gasteiger partial charge in [-0.25, -0.2) is 9.97 Å². The number of thiophene rings is 2. The summed E-state index contributed by atoms with van der Waals surface area (Å²) < 4.78 is 0. The number of hydrogen-bond acceptors (Lipinski definition) is 7. The highest BCUT2D eigenvalue weighted by Gasteiger charge is 2.31. The van der Waals surface area contributed by atoms with Crippen LogP contribution in [0.3, 0.4) is 0 Å². The summed E-state index contributed by atoms with van der Waals surface area (Å²) in [6, 6.07) is 8.65. The molecule has 0 fully saturated rings. The molecule has 4 heterocycles. The molecule has 6 rings (SSSR count). The van der Waals surface area contributed by atoms with E-state index in [9.17, 15) is 0 Å². The van der Waals surface area contributed by atoms with Gasteiger partial charge in [-0.15, -0.1) is 22.7 Å². The predicted octanol–water partition coefficient (Wildman–Crippen LogP) is 8.87. The van der Waals surface area contributed by atoms with Crippen molar-refractivity contribution in [3.63, 3.8) is 0 Å². The van der Waals surface area contributed by atoms with Crippen LogP contribution in [0, 0.1) is 45.3 Å². The molecule has 2 atom stereocenters. The van der Waals surface area contributed by atoms with Crippen molar-refractivity contribution in [1.82, 2.24) is 9.97 Å². The van der Waals surface area contributed by atoms with Crippen LogP contribution < -0.4 is 5.73 Å². The number of halogens is 1. The molecule has 0 aromatic carbocycles. The molecule has 5 nitrogen and oxygen atoms in total. The number of nitrogens with two attached hydrogens (primary N) is 1. The van der Waals surface area contributed by atoms with E-state index in [2.05, 4.69) is 65.8 Å². The molecule has 2 unspecified atom stereocenters. The molecule has 2 aliphatic rings. The Bertz CT molecular complexity index is 1560. The van der Waals surface area contributed by atoms with Crippen LogP contribution in [0.5, 0.6) is 0 Å². The van der Waals surface area contributed by atoms with Crippen LogP contribution in [0.15, 0.2) is 12.1 Å². The summed E-state index contributed by atoms with van der Waals surface area (Å²) in [6.07, 6.45) is 6.59. The number of rotatable bonds is 0. The van der Waals surface area contributed by atoms with E-state index in [0.717, 1.165) is 46.1 Å². The molecule has 0 amide bonds. The molecule has 208 valence electrons. The Morgan fingerprint density at radius 3 is 1.73 bits per heavy atom. The smallest absolute Gasteiger partial charge is 0.130 e. The average molecular weight is 590 g/mol. The third kappa shape index (κ3) is 5.45. The molecular weight excluding hydrogens is 554 g/mol. The monoisotopic (exact) mass is 589 g/mol. The number of fused-ring (bicyclic) bond motifs is 4. The van der Waals surface area contributed by atoms with Crippen molar-refractivity contribution in [3.05, 3.63) is 49.4 Å². The van der Waals surface area contributed by atoms with Crippen molar-refractivity contribution in [2.24, 2.45) is 22.7 Å². The molecule has 8 heteroatoms. The molecule has 0 spiro atoms. The molecule has 0 saturated carbocycles. The predicted molar refractivity (Wildman–Crippen MR) is 168 cm³/mol. The van der Waals surface area contributed by atoms with Crippen molar-refractivity contribution >= 4 is 60.4 Å². The van der Waals surface area contributed by atoms with Crippen molar-refractivity contribution in [2.75, 3.05) is 5.73 Å². The maximum atomic E-state index is 9.09. The molecule has 0 aliphatic heterocycles. The van der Waals surface area contributed by atoms with Gasteiger partial charge in [0.25, 0.3) is 0 Å². The average Bonchev–Trinajstić information content (AvgIpc) is 3.39. The van der Waals surface area contributed by atoms with Crippen LogP contribution in [-0.4, -0.2) is 9.97 Å². The first-order chi connectivity index (χ1) is 18.8. The number of nitrogens with zero attached hydrogens (tertiary/aromatic N) is 4. The van der Waals surface area contributed by atoms with Gasteiger partial charge in [0.2, 0.25) is 0 Å². The highest BCUT2D eigenvalue weighted by Crippen LogP contribution is 2.42. The quantitative estimate of drug-likeness (QED) is 0.221. The van der Waals surface area contributed by atoms with Crippen LogP contribution in [0.1, 0.15) is 86.7 Å². The Hall–Kier alpha value is -2.71. The minimum atomic E-state index is 0.322. The number of anilines is 1. The van der Waals surface area contributed by atoms with Crippen molar-refractivity contribution in [3.8, 4) is 12.1 Å². The zero-order valence-electron chi connectivity index (χ0n) is 24.1. The van der Waals surface area contributed by atoms with Crippen LogP contribution in [0.25, 0.3) is 20.4 Å². The van der Waals surface area contributed by atoms with Gasteiger partial charge in [0.05, 0.1) is 10.7 Å². The zero-order chi connectivity index (χ0) is 29.0. The number of aromatic nitrogens is 2. The first kappa shape index (κ1) is 28.8. The Morgan fingerprint density at radius 1 is 0.800 bits per heavy atom. The van der Waals surface area contributed by atoms with E-state index in [1.165, 1.54) is 58.0 Å². The van der Waals surface area contributed by atoms with Crippen LogP contribution in [-0.2, 0) is 25.7 Å².